The molecule has 1 atom stereocenters. The second-order valence-corrected chi connectivity index (χ2v) is 7.81. The number of halogens is 1. The summed E-state index contributed by atoms with van der Waals surface area (Å²) in [6.07, 6.45) is 0.00846. The van der Waals surface area contributed by atoms with Crippen molar-refractivity contribution in [1.29, 1.82) is 5.26 Å². The number of fused-ring (bicyclic) bond motifs is 1. The first-order chi connectivity index (χ1) is 13.9. The summed E-state index contributed by atoms with van der Waals surface area (Å²) in [5.41, 5.74) is 0.828. The van der Waals surface area contributed by atoms with E-state index in [9.17, 15) is 9.50 Å². The first-order valence-electron chi connectivity index (χ1n) is 9.60. The SMILES string of the molecule is CC(C)(Cc1ccc2ccccc2c1)NCC(O)COc1cccc([18F])c1C#N. The van der Waals surface area contributed by atoms with Crippen molar-refractivity contribution < 1.29 is 14.2 Å². The van der Waals surface area contributed by atoms with Crippen molar-refractivity contribution >= 4 is 10.8 Å². The van der Waals surface area contributed by atoms with Crippen molar-refractivity contribution in [2.24, 2.45) is 0 Å². The van der Waals surface area contributed by atoms with Gasteiger partial charge >= 0.3 is 0 Å². The summed E-state index contributed by atoms with van der Waals surface area (Å²) in [4.78, 5) is 0. The summed E-state index contributed by atoms with van der Waals surface area (Å²) in [6, 6.07) is 20.7. The molecule has 0 amide bonds. The molecule has 0 spiro atoms. The van der Waals surface area contributed by atoms with Crippen LogP contribution in [-0.4, -0.2) is 29.9 Å². The Hall–Kier alpha value is -2.94. The molecule has 0 saturated carbocycles. The molecule has 3 rings (SSSR count). The van der Waals surface area contributed by atoms with Gasteiger partial charge in [-0.25, -0.2) is 4.39 Å². The van der Waals surface area contributed by atoms with Crippen LogP contribution < -0.4 is 10.1 Å². The summed E-state index contributed by atoms with van der Waals surface area (Å²) >= 11 is 0. The lowest BCUT2D eigenvalue weighted by atomic mass is 9.93. The molecule has 4 nitrogen and oxygen atoms in total. The standard InChI is InChI=1S/C24H25FN2O2/c1-24(2,13-17-10-11-18-6-3-4-7-19(18)12-17)27-15-20(28)16-29-23-9-5-8-22(25)21(23)14-26/h3-12,20,27-28H,13,15-16H2,1-2H3/i25-1. The summed E-state index contributed by atoms with van der Waals surface area (Å²) in [5.74, 6) is -0.490. The van der Waals surface area contributed by atoms with Gasteiger partial charge in [0.25, 0.3) is 0 Å². The minimum absolute atomic E-state index is 0.0306. The molecule has 0 bridgehead atoms. The number of nitrogens with one attached hydrogen (secondary N) is 1. The molecule has 0 aromatic heterocycles. The maximum absolute atomic E-state index is 13.6. The van der Waals surface area contributed by atoms with Gasteiger partial charge in [0.15, 0.2) is 0 Å². The van der Waals surface area contributed by atoms with Gasteiger partial charge < -0.3 is 15.2 Å². The highest BCUT2D eigenvalue weighted by atomic mass is 18.2. The normalized spacial score (nSPS) is 12.5. The molecule has 0 aliphatic rings. The summed E-state index contributed by atoms with van der Waals surface area (Å²) in [5, 5.41) is 25.1. The Labute approximate surface area is 170 Å². The molecule has 3 aromatic carbocycles. The van der Waals surface area contributed by atoms with E-state index in [-0.39, 0.29) is 23.5 Å². The van der Waals surface area contributed by atoms with E-state index in [0.29, 0.717) is 6.54 Å². The summed E-state index contributed by atoms with van der Waals surface area (Å²) < 4.78 is 19.1. The number of rotatable bonds is 8. The number of hydrogen-bond acceptors (Lipinski definition) is 4. The molecule has 150 valence electrons. The third-order valence-corrected chi connectivity index (χ3v) is 4.79. The van der Waals surface area contributed by atoms with E-state index in [2.05, 4.69) is 49.5 Å². The third kappa shape index (κ3) is 5.54. The maximum Gasteiger partial charge on any atom is 0.144 e. The second-order valence-electron chi connectivity index (χ2n) is 7.81. The average molecular weight is 391 g/mol. The molecule has 0 fully saturated rings. The zero-order valence-electron chi connectivity index (χ0n) is 16.7. The fourth-order valence-electron chi connectivity index (χ4n) is 3.29. The largest absolute Gasteiger partial charge is 0.489 e. The second kappa shape index (κ2) is 9.04. The highest BCUT2D eigenvalue weighted by Crippen LogP contribution is 2.21. The molecular weight excluding hydrogens is 366 g/mol. The van der Waals surface area contributed by atoms with Gasteiger partial charge in [-0.3, -0.25) is 0 Å². The van der Waals surface area contributed by atoms with Crippen molar-refractivity contribution in [3.63, 3.8) is 0 Å². The van der Waals surface area contributed by atoms with Crippen LogP contribution in [0.2, 0.25) is 0 Å². The Bertz CT molecular complexity index is 1030. The number of ether oxygens (including phenoxy) is 1. The topological polar surface area (TPSA) is 65.3 Å². The smallest absolute Gasteiger partial charge is 0.144 e. The molecule has 29 heavy (non-hydrogen) atoms. The molecule has 0 saturated heterocycles. The van der Waals surface area contributed by atoms with Crippen LogP contribution in [0.5, 0.6) is 5.75 Å². The van der Waals surface area contributed by atoms with Crippen molar-refractivity contribution in [2.75, 3.05) is 13.2 Å². The first kappa shape index (κ1) is 20.8. The van der Waals surface area contributed by atoms with Crippen molar-refractivity contribution in [2.45, 2.75) is 31.9 Å². The number of aliphatic hydroxyl groups is 1. The maximum atomic E-state index is 13.6. The third-order valence-electron chi connectivity index (χ3n) is 4.79. The zero-order chi connectivity index (χ0) is 20.9. The van der Waals surface area contributed by atoms with Gasteiger partial charge in [-0.2, -0.15) is 5.26 Å². The van der Waals surface area contributed by atoms with Crippen molar-refractivity contribution in [1.82, 2.24) is 5.32 Å². The molecule has 0 aliphatic carbocycles. The lowest BCUT2D eigenvalue weighted by Crippen LogP contribution is -2.46. The van der Waals surface area contributed by atoms with E-state index in [1.54, 1.807) is 6.07 Å². The van der Waals surface area contributed by atoms with Gasteiger partial charge in [-0.15, -0.1) is 0 Å². The van der Waals surface area contributed by atoms with Gasteiger partial charge in [0, 0.05) is 12.1 Å². The van der Waals surface area contributed by atoms with Gasteiger partial charge in [-0.1, -0.05) is 48.5 Å². The number of benzene rings is 3. The number of β-amino-alcohol motifs (C(OH)–C–C–N with tert-alkyl or cyclic N) is 1. The van der Waals surface area contributed by atoms with Crippen LogP contribution in [-0.2, 0) is 6.42 Å². The number of nitriles is 1. The fourth-order valence-corrected chi connectivity index (χ4v) is 3.29. The Morgan fingerprint density at radius 3 is 2.62 bits per heavy atom. The summed E-state index contributed by atoms with van der Waals surface area (Å²) in [6.45, 7) is 4.45. The molecule has 0 radical (unpaired) electrons. The fraction of sp³-hybridized carbons (Fsp3) is 0.292. The van der Waals surface area contributed by atoms with Gasteiger partial charge in [0.2, 0.25) is 0 Å². The van der Waals surface area contributed by atoms with Crippen LogP contribution in [0.3, 0.4) is 0 Å². The van der Waals surface area contributed by atoms with Crippen LogP contribution in [0.25, 0.3) is 10.8 Å². The van der Waals surface area contributed by atoms with E-state index in [0.717, 1.165) is 6.42 Å². The molecular formula is C24H25FN2O2. The van der Waals surface area contributed by atoms with Crippen LogP contribution in [0, 0.1) is 17.1 Å². The van der Waals surface area contributed by atoms with E-state index in [4.69, 9.17) is 10.00 Å². The molecule has 5 heteroatoms. The lowest BCUT2D eigenvalue weighted by Gasteiger charge is -2.28. The van der Waals surface area contributed by atoms with E-state index >= 15 is 0 Å². The predicted octanol–water partition coefficient (Wildman–Crippen LogP) is 4.20. The van der Waals surface area contributed by atoms with Crippen molar-refractivity contribution in [3.8, 4) is 11.8 Å². The lowest BCUT2D eigenvalue weighted by molar-refractivity contribution is 0.0985. The molecule has 2 N–H and O–H groups in total. The Balaban J connectivity index is 1.54. The minimum atomic E-state index is -0.791. The summed E-state index contributed by atoms with van der Waals surface area (Å²) in [7, 11) is 0. The number of aliphatic hydroxyl groups excluding tert-OH is 1. The van der Waals surface area contributed by atoms with Crippen molar-refractivity contribution in [3.05, 3.63) is 77.6 Å². The zero-order valence-corrected chi connectivity index (χ0v) is 16.7. The average Bonchev–Trinajstić information content (AvgIpc) is 2.70. The van der Waals surface area contributed by atoms with E-state index in [1.807, 2.05) is 12.1 Å². The monoisotopic (exact) mass is 391 g/mol. The van der Waals surface area contributed by atoms with Gasteiger partial charge in [-0.05, 0) is 48.7 Å². The van der Waals surface area contributed by atoms with Crippen LogP contribution >= 0.6 is 0 Å². The van der Waals surface area contributed by atoms with Gasteiger partial charge in [0.05, 0.1) is 0 Å². The van der Waals surface area contributed by atoms with Crippen LogP contribution in [0.4, 0.5) is 4.39 Å². The van der Waals surface area contributed by atoms with E-state index in [1.165, 1.54) is 34.5 Å². The van der Waals surface area contributed by atoms with E-state index < -0.39 is 11.9 Å². The van der Waals surface area contributed by atoms with Crippen LogP contribution in [0.15, 0.2) is 60.7 Å². The molecule has 0 heterocycles. The molecule has 0 aliphatic heterocycles. The highest BCUT2D eigenvalue weighted by Gasteiger charge is 2.20. The predicted molar refractivity (Wildman–Crippen MR) is 112 cm³/mol. The Kier molecular flexibility index (Phi) is 6.48. The molecule has 3 aromatic rings. The quantitative estimate of drug-likeness (QED) is 0.604. The van der Waals surface area contributed by atoms with Crippen LogP contribution in [0.1, 0.15) is 25.0 Å². The minimum Gasteiger partial charge on any atom is -0.489 e. The molecule has 1 unspecified atom stereocenters. The highest BCUT2D eigenvalue weighted by molar-refractivity contribution is 5.83. The first-order valence-corrected chi connectivity index (χ1v) is 9.60. The van der Waals surface area contributed by atoms with Gasteiger partial charge in [0.1, 0.15) is 35.9 Å². The Morgan fingerprint density at radius 1 is 1.10 bits per heavy atom. The Morgan fingerprint density at radius 2 is 1.86 bits per heavy atom. The number of nitrogens with zero attached hydrogens (tertiary/aromatic N) is 1. The number of hydrogen-bond donors (Lipinski definition) is 2.